The highest BCUT2D eigenvalue weighted by Crippen LogP contribution is 2.44. The normalized spacial score (nSPS) is 40.0. The highest BCUT2D eigenvalue weighted by Gasteiger charge is 2.50. The summed E-state index contributed by atoms with van der Waals surface area (Å²) in [5, 5.41) is 9.58. The highest BCUT2D eigenvalue weighted by atomic mass is 19.1. The van der Waals surface area contributed by atoms with Crippen LogP contribution in [0, 0.1) is 11.8 Å². The molecule has 4 nitrogen and oxygen atoms in total. The third kappa shape index (κ3) is 4.83. The van der Waals surface area contributed by atoms with Gasteiger partial charge in [-0.1, -0.05) is 31.9 Å². The number of fused-ring (bicyclic) bond motifs is 1. The molecule has 3 fully saturated rings. The molecule has 0 aromatic rings. The van der Waals surface area contributed by atoms with Crippen LogP contribution in [0.4, 0.5) is 8.78 Å². The zero-order valence-corrected chi connectivity index (χ0v) is 15.6. The molecule has 5 unspecified atom stereocenters. The van der Waals surface area contributed by atoms with E-state index in [1.165, 1.54) is 0 Å². The Morgan fingerprint density at radius 3 is 2.85 bits per heavy atom. The quantitative estimate of drug-likeness (QED) is 0.651. The smallest absolute Gasteiger partial charge is 0.186 e. The van der Waals surface area contributed by atoms with Crippen LogP contribution in [0.25, 0.3) is 0 Å². The lowest BCUT2D eigenvalue weighted by molar-refractivity contribution is -0.189. The van der Waals surface area contributed by atoms with Gasteiger partial charge < -0.3 is 19.3 Å². The molecule has 6 heteroatoms. The van der Waals surface area contributed by atoms with Crippen molar-refractivity contribution in [2.45, 2.75) is 95.4 Å². The van der Waals surface area contributed by atoms with Gasteiger partial charge in [-0.25, -0.2) is 8.78 Å². The van der Waals surface area contributed by atoms with Crippen LogP contribution in [0.3, 0.4) is 0 Å². The van der Waals surface area contributed by atoms with E-state index in [9.17, 15) is 13.9 Å². The monoisotopic (exact) mass is 374 g/mol. The molecule has 0 amide bonds. The number of alkyl halides is 2. The number of hydrogen-bond acceptors (Lipinski definition) is 4. The first-order valence-electron chi connectivity index (χ1n) is 10.2. The summed E-state index contributed by atoms with van der Waals surface area (Å²) in [4.78, 5) is 0. The van der Waals surface area contributed by atoms with E-state index in [-0.39, 0.29) is 24.2 Å². The lowest BCUT2D eigenvalue weighted by Crippen LogP contribution is -2.33. The number of ether oxygens (including phenoxy) is 3. The van der Waals surface area contributed by atoms with E-state index in [2.05, 4.69) is 0 Å². The predicted octanol–water partition coefficient (Wildman–Crippen LogP) is 4.06. The first-order valence-corrected chi connectivity index (χ1v) is 10.2. The summed E-state index contributed by atoms with van der Waals surface area (Å²) < 4.78 is 45.7. The van der Waals surface area contributed by atoms with Crippen LogP contribution < -0.4 is 0 Å². The standard InChI is InChI=1S/C20H32F2O4/c1-2-3-6-14(21)15(25-17-7-4-5-12-24-17)10-8-13-9-11-16-18(13)19(22)20(23)26-16/h8,10,13-20,23H,2-7,9,11-12H2,1H3/b10-8+/t13-,14?,15?,16?,17?,18+,19+,20?/m0/s1. The molecule has 1 N–H and O–H groups in total. The fourth-order valence-electron chi connectivity index (χ4n) is 4.35. The van der Waals surface area contributed by atoms with Gasteiger partial charge in [0.2, 0.25) is 0 Å². The van der Waals surface area contributed by atoms with Crippen LogP contribution in [0.2, 0.25) is 0 Å². The maximum atomic E-state index is 14.7. The van der Waals surface area contributed by atoms with Gasteiger partial charge in [0.25, 0.3) is 0 Å². The summed E-state index contributed by atoms with van der Waals surface area (Å²) in [7, 11) is 0. The molecule has 3 rings (SSSR count). The van der Waals surface area contributed by atoms with Gasteiger partial charge in [-0.2, -0.15) is 0 Å². The predicted molar refractivity (Wildman–Crippen MR) is 94.0 cm³/mol. The second-order valence-corrected chi connectivity index (χ2v) is 7.77. The first-order chi connectivity index (χ1) is 12.6. The zero-order valence-electron chi connectivity index (χ0n) is 15.6. The molecule has 0 bridgehead atoms. The van der Waals surface area contributed by atoms with Gasteiger partial charge in [-0.15, -0.1) is 0 Å². The Morgan fingerprint density at radius 2 is 2.12 bits per heavy atom. The largest absolute Gasteiger partial charge is 0.366 e. The summed E-state index contributed by atoms with van der Waals surface area (Å²) in [5.41, 5.74) is 0. The topological polar surface area (TPSA) is 47.9 Å². The summed E-state index contributed by atoms with van der Waals surface area (Å²) in [6, 6.07) is 0. The molecular weight excluding hydrogens is 342 g/mol. The van der Waals surface area contributed by atoms with Crippen molar-refractivity contribution < 1.29 is 28.1 Å². The van der Waals surface area contributed by atoms with E-state index >= 15 is 0 Å². The van der Waals surface area contributed by atoms with Crippen molar-refractivity contribution in [1.29, 1.82) is 0 Å². The molecule has 1 aliphatic carbocycles. The van der Waals surface area contributed by atoms with Gasteiger partial charge in [0, 0.05) is 12.5 Å². The van der Waals surface area contributed by atoms with Crippen molar-refractivity contribution in [3.63, 3.8) is 0 Å². The minimum Gasteiger partial charge on any atom is -0.366 e. The SMILES string of the molecule is CCCCC(F)C(/C=C/[C@H]1CCC2OC(O)[C@H](F)[C@@H]21)OC1CCCCO1. The molecule has 2 saturated heterocycles. The molecule has 3 aliphatic rings. The van der Waals surface area contributed by atoms with Crippen LogP contribution in [0.15, 0.2) is 12.2 Å². The summed E-state index contributed by atoms with van der Waals surface area (Å²) in [6.07, 6.45) is 5.08. The number of allylic oxidation sites excluding steroid dienone is 1. The van der Waals surface area contributed by atoms with Gasteiger partial charge in [0.15, 0.2) is 18.8 Å². The zero-order chi connectivity index (χ0) is 18.5. The minimum absolute atomic E-state index is 0.0519. The van der Waals surface area contributed by atoms with Crippen LogP contribution in [0.5, 0.6) is 0 Å². The van der Waals surface area contributed by atoms with Crippen LogP contribution in [-0.2, 0) is 14.2 Å². The van der Waals surface area contributed by atoms with Crippen molar-refractivity contribution in [2.75, 3.05) is 6.61 Å². The minimum atomic E-state index is -1.38. The first kappa shape index (κ1) is 20.2. The fraction of sp³-hybridized carbons (Fsp3) is 0.900. The lowest BCUT2D eigenvalue weighted by atomic mass is 9.90. The van der Waals surface area contributed by atoms with Crippen LogP contribution in [-0.4, -0.2) is 48.8 Å². The Labute approximate surface area is 154 Å². The van der Waals surface area contributed by atoms with E-state index in [4.69, 9.17) is 14.2 Å². The average Bonchev–Trinajstić information content (AvgIpc) is 3.17. The van der Waals surface area contributed by atoms with E-state index in [1.807, 2.05) is 13.0 Å². The summed E-state index contributed by atoms with van der Waals surface area (Å²) in [6.45, 7) is 2.69. The second-order valence-electron chi connectivity index (χ2n) is 7.77. The van der Waals surface area contributed by atoms with Crippen molar-refractivity contribution >= 4 is 0 Å². The highest BCUT2D eigenvalue weighted by molar-refractivity contribution is 5.06. The molecule has 0 spiro atoms. The second kappa shape index (κ2) is 9.58. The Bertz CT molecular complexity index is 453. The van der Waals surface area contributed by atoms with Gasteiger partial charge in [-0.3, -0.25) is 0 Å². The van der Waals surface area contributed by atoms with Crippen molar-refractivity contribution in [3.05, 3.63) is 12.2 Å². The average molecular weight is 374 g/mol. The Hall–Kier alpha value is -0.560. The molecule has 26 heavy (non-hydrogen) atoms. The number of hydrogen-bond donors (Lipinski definition) is 1. The van der Waals surface area contributed by atoms with E-state index in [1.54, 1.807) is 6.08 Å². The molecule has 0 aromatic carbocycles. The van der Waals surface area contributed by atoms with Crippen LogP contribution in [0.1, 0.15) is 58.3 Å². The Morgan fingerprint density at radius 1 is 1.27 bits per heavy atom. The van der Waals surface area contributed by atoms with Crippen molar-refractivity contribution in [3.8, 4) is 0 Å². The molecule has 8 atom stereocenters. The number of aliphatic hydroxyl groups excluding tert-OH is 1. The Balaban J connectivity index is 1.62. The molecular formula is C20H32F2O4. The number of rotatable bonds is 8. The maximum absolute atomic E-state index is 14.7. The fourth-order valence-corrected chi connectivity index (χ4v) is 4.35. The molecule has 1 saturated carbocycles. The van der Waals surface area contributed by atoms with Gasteiger partial charge in [0.05, 0.1) is 6.10 Å². The number of halogens is 2. The molecule has 2 heterocycles. The molecule has 0 aromatic heterocycles. The van der Waals surface area contributed by atoms with Crippen molar-refractivity contribution in [2.24, 2.45) is 11.8 Å². The molecule has 150 valence electrons. The molecule has 2 aliphatic heterocycles. The van der Waals surface area contributed by atoms with Crippen molar-refractivity contribution in [1.82, 2.24) is 0 Å². The van der Waals surface area contributed by atoms with Gasteiger partial charge in [-0.05, 0) is 44.4 Å². The van der Waals surface area contributed by atoms with Crippen LogP contribution >= 0.6 is 0 Å². The third-order valence-electron chi connectivity index (χ3n) is 5.85. The number of unbranched alkanes of at least 4 members (excludes halogenated alkanes) is 1. The molecule has 0 radical (unpaired) electrons. The third-order valence-corrected chi connectivity index (χ3v) is 5.85. The van der Waals surface area contributed by atoms with Gasteiger partial charge >= 0.3 is 0 Å². The summed E-state index contributed by atoms with van der Waals surface area (Å²) >= 11 is 0. The summed E-state index contributed by atoms with van der Waals surface area (Å²) in [5.74, 6) is -0.398. The van der Waals surface area contributed by atoms with E-state index in [0.29, 0.717) is 13.0 Å². The van der Waals surface area contributed by atoms with E-state index in [0.717, 1.165) is 44.9 Å². The number of aliphatic hydroxyl groups is 1. The Kier molecular flexibility index (Phi) is 7.44. The maximum Gasteiger partial charge on any atom is 0.186 e. The lowest BCUT2D eigenvalue weighted by Gasteiger charge is -2.28. The van der Waals surface area contributed by atoms with Gasteiger partial charge in [0.1, 0.15) is 12.3 Å². The van der Waals surface area contributed by atoms with E-state index < -0.39 is 24.7 Å².